The van der Waals surface area contributed by atoms with Crippen molar-refractivity contribution in [3.05, 3.63) is 29.8 Å². The van der Waals surface area contributed by atoms with Gasteiger partial charge >= 0.3 is 0 Å². The van der Waals surface area contributed by atoms with Gasteiger partial charge in [-0.25, -0.2) is 0 Å². The maximum absolute atomic E-state index is 12.7. The van der Waals surface area contributed by atoms with E-state index >= 15 is 0 Å². The number of nitrogens with one attached hydrogen (secondary N) is 1. The second-order valence-electron chi connectivity index (χ2n) is 8.22. The molecule has 1 N–H and O–H groups in total. The van der Waals surface area contributed by atoms with Gasteiger partial charge in [-0.15, -0.1) is 0 Å². The molecule has 0 aliphatic carbocycles. The van der Waals surface area contributed by atoms with Crippen molar-refractivity contribution < 1.29 is 14.3 Å². The van der Waals surface area contributed by atoms with Gasteiger partial charge in [-0.3, -0.25) is 4.79 Å². The Kier molecular flexibility index (Phi) is 4.93. The zero-order valence-electron chi connectivity index (χ0n) is 15.9. The van der Waals surface area contributed by atoms with Gasteiger partial charge in [-0.2, -0.15) is 0 Å². The number of amides is 1. The van der Waals surface area contributed by atoms with Crippen LogP contribution in [0.3, 0.4) is 0 Å². The van der Waals surface area contributed by atoms with Crippen LogP contribution in [0.25, 0.3) is 0 Å². The Labute approximate surface area is 156 Å². The largest absolute Gasteiger partial charge is 0.487 e. The van der Waals surface area contributed by atoms with Gasteiger partial charge in [-0.1, -0.05) is 18.2 Å². The van der Waals surface area contributed by atoms with E-state index in [2.05, 4.69) is 30.1 Å². The third kappa shape index (κ3) is 3.47. The lowest BCUT2D eigenvalue weighted by molar-refractivity contribution is -0.131. The monoisotopic (exact) mass is 358 g/mol. The number of hydrogen-bond acceptors (Lipinski definition) is 4. The minimum absolute atomic E-state index is 0.00208. The van der Waals surface area contributed by atoms with Gasteiger partial charge in [-0.05, 0) is 45.6 Å². The Hall–Kier alpha value is -1.59. The molecule has 1 aromatic rings. The number of likely N-dealkylation sites (tertiary alicyclic amines) is 1. The van der Waals surface area contributed by atoms with Crippen LogP contribution in [0.15, 0.2) is 24.3 Å². The molecule has 1 spiro atoms. The second kappa shape index (κ2) is 7.20. The molecular formula is C21H30N2O3. The van der Waals surface area contributed by atoms with Crippen molar-refractivity contribution in [2.75, 3.05) is 19.7 Å². The van der Waals surface area contributed by atoms with Gasteiger partial charge in [0.05, 0.1) is 6.04 Å². The van der Waals surface area contributed by atoms with E-state index in [-0.39, 0.29) is 23.7 Å². The topological polar surface area (TPSA) is 50.8 Å². The molecule has 0 saturated carbocycles. The van der Waals surface area contributed by atoms with E-state index in [4.69, 9.17) is 9.47 Å². The summed E-state index contributed by atoms with van der Waals surface area (Å²) in [5.74, 6) is 0.952. The van der Waals surface area contributed by atoms with Crippen LogP contribution in [-0.2, 0) is 9.53 Å². The fourth-order valence-corrected chi connectivity index (χ4v) is 4.55. The van der Waals surface area contributed by atoms with Crippen molar-refractivity contribution in [3.8, 4) is 5.75 Å². The van der Waals surface area contributed by atoms with Crippen LogP contribution in [0.1, 0.15) is 57.6 Å². The van der Waals surface area contributed by atoms with Crippen LogP contribution in [0.4, 0.5) is 0 Å². The van der Waals surface area contributed by atoms with Crippen molar-refractivity contribution in [1.29, 1.82) is 0 Å². The molecule has 1 aromatic carbocycles. The molecule has 0 bridgehead atoms. The fourth-order valence-electron chi connectivity index (χ4n) is 4.55. The van der Waals surface area contributed by atoms with E-state index in [0.29, 0.717) is 12.6 Å². The molecule has 0 aromatic heterocycles. The van der Waals surface area contributed by atoms with Crippen molar-refractivity contribution in [2.24, 2.45) is 0 Å². The number of carbonyl (C=O) groups is 1. The van der Waals surface area contributed by atoms with Crippen LogP contribution in [-0.4, -0.2) is 48.3 Å². The summed E-state index contributed by atoms with van der Waals surface area (Å²) >= 11 is 0. The summed E-state index contributed by atoms with van der Waals surface area (Å²) < 4.78 is 12.1. The molecule has 2 atom stereocenters. The summed E-state index contributed by atoms with van der Waals surface area (Å²) in [6, 6.07) is 8.72. The quantitative estimate of drug-likeness (QED) is 0.902. The van der Waals surface area contributed by atoms with E-state index in [0.717, 1.165) is 56.5 Å². The number of rotatable bonds is 3. The van der Waals surface area contributed by atoms with Gasteiger partial charge in [0.1, 0.15) is 17.5 Å². The first-order chi connectivity index (χ1) is 12.6. The Morgan fingerprint density at radius 2 is 2.04 bits per heavy atom. The zero-order chi connectivity index (χ0) is 18.1. The molecule has 5 heteroatoms. The molecule has 0 unspecified atom stereocenters. The Morgan fingerprint density at radius 1 is 1.27 bits per heavy atom. The SMILES string of the molecule is CC(C)N1CCC2(CC1)C[C@H](NC(=O)[C@H]1CCCO1)c1ccccc1O2. The molecule has 5 nitrogen and oxygen atoms in total. The summed E-state index contributed by atoms with van der Waals surface area (Å²) in [4.78, 5) is 15.2. The van der Waals surface area contributed by atoms with E-state index < -0.39 is 0 Å². The smallest absolute Gasteiger partial charge is 0.249 e. The third-order valence-corrected chi connectivity index (χ3v) is 6.18. The fraction of sp³-hybridized carbons (Fsp3) is 0.667. The highest BCUT2D eigenvalue weighted by molar-refractivity contribution is 5.81. The maximum Gasteiger partial charge on any atom is 0.249 e. The van der Waals surface area contributed by atoms with Crippen LogP contribution < -0.4 is 10.1 Å². The number of benzene rings is 1. The van der Waals surface area contributed by atoms with E-state index in [1.165, 1.54) is 0 Å². The van der Waals surface area contributed by atoms with Gasteiger partial charge in [0.2, 0.25) is 5.91 Å². The summed E-state index contributed by atoms with van der Waals surface area (Å²) in [6.45, 7) is 7.29. The first kappa shape index (κ1) is 17.8. The minimum atomic E-state index is -0.288. The second-order valence-corrected chi connectivity index (χ2v) is 8.22. The molecule has 4 rings (SSSR count). The van der Waals surface area contributed by atoms with Gasteiger partial charge in [0.25, 0.3) is 0 Å². The highest BCUT2D eigenvalue weighted by atomic mass is 16.5. The van der Waals surface area contributed by atoms with Crippen molar-refractivity contribution in [3.63, 3.8) is 0 Å². The molecule has 1 amide bonds. The first-order valence-corrected chi connectivity index (χ1v) is 10.0. The number of piperidine rings is 1. The highest BCUT2D eigenvalue weighted by Gasteiger charge is 2.44. The van der Waals surface area contributed by atoms with E-state index in [9.17, 15) is 4.79 Å². The summed E-state index contributed by atoms with van der Waals surface area (Å²) in [7, 11) is 0. The van der Waals surface area contributed by atoms with E-state index in [1.54, 1.807) is 0 Å². The number of hydrogen-bond donors (Lipinski definition) is 1. The highest BCUT2D eigenvalue weighted by Crippen LogP contribution is 2.44. The number of carbonyl (C=O) groups excluding carboxylic acids is 1. The zero-order valence-corrected chi connectivity index (χ0v) is 15.9. The van der Waals surface area contributed by atoms with Gasteiger partial charge in [0, 0.05) is 37.7 Å². The standard InChI is InChI=1S/C21H30N2O3/c1-15(2)23-11-9-21(10-12-23)14-17(16-6-3-4-7-18(16)26-21)22-20(24)19-8-5-13-25-19/h3-4,6-7,15,17,19H,5,8-14H2,1-2H3,(H,22,24)/t17-,19+/m0/s1. The summed E-state index contributed by atoms with van der Waals surface area (Å²) in [5.41, 5.74) is 0.921. The minimum Gasteiger partial charge on any atom is -0.487 e. The molecule has 3 aliphatic rings. The number of fused-ring (bicyclic) bond motifs is 1. The molecule has 2 saturated heterocycles. The molecule has 26 heavy (non-hydrogen) atoms. The third-order valence-electron chi connectivity index (χ3n) is 6.18. The van der Waals surface area contributed by atoms with Crippen molar-refractivity contribution in [1.82, 2.24) is 10.2 Å². The summed E-state index contributed by atoms with van der Waals surface area (Å²) in [5, 5.41) is 3.27. The lowest BCUT2D eigenvalue weighted by atomic mass is 9.80. The van der Waals surface area contributed by atoms with Crippen LogP contribution in [0, 0.1) is 0 Å². The molecule has 0 radical (unpaired) electrons. The Morgan fingerprint density at radius 3 is 2.73 bits per heavy atom. The number of nitrogens with zero attached hydrogens (tertiary/aromatic N) is 1. The molecule has 3 heterocycles. The van der Waals surface area contributed by atoms with Gasteiger partial charge < -0.3 is 19.7 Å². The van der Waals surface area contributed by atoms with Gasteiger partial charge in [0.15, 0.2) is 0 Å². The normalized spacial score (nSPS) is 28.0. The number of para-hydroxylation sites is 1. The van der Waals surface area contributed by atoms with Crippen LogP contribution >= 0.6 is 0 Å². The average Bonchev–Trinajstić information content (AvgIpc) is 3.17. The van der Waals surface area contributed by atoms with Crippen LogP contribution in [0.5, 0.6) is 5.75 Å². The Bertz CT molecular complexity index is 646. The van der Waals surface area contributed by atoms with E-state index in [1.807, 2.05) is 18.2 Å². The van der Waals surface area contributed by atoms with Crippen molar-refractivity contribution >= 4 is 5.91 Å². The van der Waals surface area contributed by atoms with Crippen LogP contribution in [0.2, 0.25) is 0 Å². The predicted molar refractivity (Wildman–Crippen MR) is 100 cm³/mol. The average molecular weight is 358 g/mol. The molecule has 142 valence electrons. The maximum atomic E-state index is 12.7. The molecule has 3 aliphatic heterocycles. The predicted octanol–water partition coefficient (Wildman–Crippen LogP) is 3.05. The lowest BCUT2D eigenvalue weighted by Gasteiger charge is -2.47. The lowest BCUT2D eigenvalue weighted by Crippen LogP contribution is -2.53. The molecule has 2 fully saturated rings. The molecular weight excluding hydrogens is 328 g/mol. The Balaban J connectivity index is 1.53. The number of ether oxygens (including phenoxy) is 2. The van der Waals surface area contributed by atoms with Crippen molar-refractivity contribution in [2.45, 2.75) is 69.7 Å². The summed E-state index contributed by atoms with van der Waals surface area (Å²) in [6.07, 6.45) is 4.36. The first-order valence-electron chi connectivity index (χ1n) is 10.0.